The zero-order chi connectivity index (χ0) is 16.2. The number of nitrogens with zero attached hydrogens (tertiary/aromatic N) is 3. The highest BCUT2D eigenvalue weighted by atomic mass is 32.2. The molecular formula is C14H21N3O4S. The van der Waals surface area contributed by atoms with E-state index in [4.69, 9.17) is 4.74 Å². The maximum absolute atomic E-state index is 12.5. The first kappa shape index (κ1) is 16.9. The van der Waals surface area contributed by atoms with Crippen molar-refractivity contribution in [2.24, 2.45) is 0 Å². The first-order valence-corrected chi connectivity index (χ1v) is 8.71. The van der Waals surface area contributed by atoms with Gasteiger partial charge in [0, 0.05) is 45.2 Å². The predicted molar refractivity (Wildman–Crippen MR) is 80.7 cm³/mol. The molecule has 7 nitrogen and oxygen atoms in total. The molecule has 1 aliphatic rings. The Bertz CT molecular complexity index is 598. The number of piperazine rings is 1. The third kappa shape index (κ3) is 3.63. The van der Waals surface area contributed by atoms with Crippen molar-refractivity contribution < 1.29 is 17.9 Å². The maximum atomic E-state index is 12.5. The zero-order valence-electron chi connectivity index (χ0n) is 12.8. The smallest absolute Gasteiger partial charge is 0.251 e. The number of carbonyl (C=O) groups excluding carboxylic acids is 1. The summed E-state index contributed by atoms with van der Waals surface area (Å²) in [6, 6.07) is 3.12. The van der Waals surface area contributed by atoms with Gasteiger partial charge >= 0.3 is 0 Å². The Labute approximate surface area is 130 Å². The molecule has 1 aromatic rings. The lowest BCUT2D eigenvalue weighted by Gasteiger charge is -2.35. The lowest BCUT2D eigenvalue weighted by molar-refractivity contribution is -0.143. The first-order valence-electron chi connectivity index (χ1n) is 7.27. The van der Waals surface area contributed by atoms with Crippen molar-refractivity contribution >= 4 is 15.9 Å². The number of sulfonamides is 1. The number of ether oxygens (including phenoxy) is 1. The minimum Gasteiger partial charge on any atom is -0.369 e. The Morgan fingerprint density at radius 1 is 1.36 bits per heavy atom. The van der Waals surface area contributed by atoms with Gasteiger partial charge in [0.05, 0.1) is 0 Å². The number of aromatic nitrogens is 1. The first-order chi connectivity index (χ1) is 10.5. The molecule has 2 rings (SSSR count). The molecule has 1 aliphatic heterocycles. The minimum absolute atomic E-state index is 0.0970. The summed E-state index contributed by atoms with van der Waals surface area (Å²) in [5.74, 6) is -0.0970. The van der Waals surface area contributed by atoms with Crippen LogP contribution in [0.5, 0.6) is 0 Å². The number of rotatable bonds is 5. The summed E-state index contributed by atoms with van der Waals surface area (Å²) < 4.78 is 31.6. The van der Waals surface area contributed by atoms with Crippen molar-refractivity contribution in [3.8, 4) is 0 Å². The van der Waals surface area contributed by atoms with Gasteiger partial charge in [-0.3, -0.25) is 9.78 Å². The molecular weight excluding hydrogens is 306 g/mol. The minimum atomic E-state index is -3.54. The Morgan fingerprint density at radius 2 is 2.05 bits per heavy atom. The van der Waals surface area contributed by atoms with Crippen LogP contribution >= 0.6 is 0 Å². The van der Waals surface area contributed by atoms with Crippen LogP contribution in [-0.4, -0.2) is 67.4 Å². The molecule has 1 aromatic heterocycles. The second-order valence-electron chi connectivity index (χ2n) is 5.02. The van der Waals surface area contributed by atoms with Crippen LogP contribution in [0.25, 0.3) is 0 Å². The van der Waals surface area contributed by atoms with Crippen molar-refractivity contribution in [3.05, 3.63) is 24.5 Å². The molecule has 0 saturated carbocycles. The number of pyridine rings is 1. The van der Waals surface area contributed by atoms with Crippen LogP contribution in [0.3, 0.4) is 0 Å². The lowest BCUT2D eigenvalue weighted by Crippen LogP contribution is -2.52. The molecule has 22 heavy (non-hydrogen) atoms. The summed E-state index contributed by atoms with van der Waals surface area (Å²) in [6.45, 7) is 5.32. The van der Waals surface area contributed by atoms with Crippen LogP contribution in [0.15, 0.2) is 29.4 Å². The van der Waals surface area contributed by atoms with E-state index in [1.165, 1.54) is 22.8 Å². The Hall–Kier alpha value is -1.51. The molecule has 1 saturated heterocycles. The Kier molecular flexibility index (Phi) is 5.49. The molecule has 1 unspecified atom stereocenters. The van der Waals surface area contributed by atoms with E-state index < -0.39 is 16.1 Å². The molecule has 2 heterocycles. The third-order valence-corrected chi connectivity index (χ3v) is 5.47. The number of hydrogen-bond donors (Lipinski definition) is 0. The van der Waals surface area contributed by atoms with E-state index in [2.05, 4.69) is 4.98 Å². The molecule has 8 heteroatoms. The fourth-order valence-electron chi connectivity index (χ4n) is 2.38. The molecule has 0 N–H and O–H groups in total. The molecule has 0 radical (unpaired) electrons. The monoisotopic (exact) mass is 327 g/mol. The van der Waals surface area contributed by atoms with Crippen molar-refractivity contribution in [2.45, 2.75) is 24.8 Å². The van der Waals surface area contributed by atoms with Crippen LogP contribution in [0.1, 0.15) is 13.8 Å². The molecule has 1 amide bonds. The average molecular weight is 327 g/mol. The van der Waals surface area contributed by atoms with E-state index in [1.807, 2.05) is 6.92 Å². The van der Waals surface area contributed by atoms with Gasteiger partial charge in [0.15, 0.2) is 0 Å². The van der Waals surface area contributed by atoms with Crippen molar-refractivity contribution in [3.63, 3.8) is 0 Å². The normalized spacial score (nSPS) is 18.2. The van der Waals surface area contributed by atoms with E-state index in [1.54, 1.807) is 17.9 Å². The van der Waals surface area contributed by atoms with E-state index in [0.29, 0.717) is 19.7 Å². The van der Waals surface area contributed by atoms with Gasteiger partial charge < -0.3 is 9.64 Å². The highest BCUT2D eigenvalue weighted by molar-refractivity contribution is 7.89. The van der Waals surface area contributed by atoms with Crippen molar-refractivity contribution in [1.82, 2.24) is 14.2 Å². The van der Waals surface area contributed by atoms with E-state index >= 15 is 0 Å². The molecule has 1 atom stereocenters. The fourth-order valence-corrected chi connectivity index (χ4v) is 3.76. The van der Waals surface area contributed by atoms with Crippen LogP contribution in [0.4, 0.5) is 0 Å². The molecule has 122 valence electrons. The van der Waals surface area contributed by atoms with Crippen LogP contribution in [0.2, 0.25) is 0 Å². The van der Waals surface area contributed by atoms with Crippen LogP contribution in [-0.2, 0) is 19.6 Å². The summed E-state index contributed by atoms with van der Waals surface area (Å²) in [6.07, 6.45) is 2.38. The molecule has 0 spiro atoms. The lowest BCUT2D eigenvalue weighted by atomic mass is 10.3. The fraction of sp³-hybridized carbons (Fsp3) is 0.571. The van der Waals surface area contributed by atoms with Gasteiger partial charge in [-0.05, 0) is 26.0 Å². The summed E-state index contributed by atoms with van der Waals surface area (Å²) in [5.41, 5.74) is 0. The zero-order valence-corrected chi connectivity index (χ0v) is 13.6. The van der Waals surface area contributed by atoms with Crippen molar-refractivity contribution in [2.75, 3.05) is 32.8 Å². The molecule has 0 aliphatic carbocycles. The van der Waals surface area contributed by atoms with Gasteiger partial charge in [0.1, 0.15) is 11.0 Å². The molecule has 0 bridgehead atoms. The van der Waals surface area contributed by atoms with Gasteiger partial charge in [0.2, 0.25) is 10.0 Å². The van der Waals surface area contributed by atoms with E-state index in [0.717, 1.165) is 0 Å². The van der Waals surface area contributed by atoms with Gasteiger partial charge in [-0.15, -0.1) is 0 Å². The van der Waals surface area contributed by atoms with Crippen LogP contribution < -0.4 is 0 Å². The number of amides is 1. The topological polar surface area (TPSA) is 79.8 Å². The van der Waals surface area contributed by atoms with Crippen molar-refractivity contribution in [1.29, 1.82) is 0 Å². The summed E-state index contributed by atoms with van der Waals surface area (Å²) >= 11 is 0. The molecule has 1 fully saturated rings. The average Bonchev–Trinajstić information content (AvgIpc) is 2.55. The predicted octanol–water partition coefficient (Wildman–Crippen LogP) is 0.339. The quantitative estimate of drug-likeness (QED) is 0.779. The Morgan fingerprint density at radius 3 is 2.59 bits per heavy atom. The summed E-state index contributed by atoms with van der Waals surface area (Å²) in [7, 11) is -3.54. The molecule has 0 aromatic carbocycles. The second kappa shape index (κ2) is 7.17. The van der Waals surface area contributed by atoms with E-state index in [-0.39, 0.29) is 23.9 Å². The summed E-state index contributed by atoms with van der Waals surface area (Å²) in [5, 5.41) is 0. The highest BCUT2D eigenvalue weighted by Crippen LogP contribution is 2.17. The summed E-state index contributed by atoms with van der Waals surface area (Å²) in [4.78, 5) is 17.8. The second-order valence-corrected chi connectivity index (χ2v) is 6.95. The highest BCUT2D eigenvalue weighted by Gasteiger charge is 2.31. The number of carbonyl (C=O) groups is 1. The van der Waals surface area contributed by atoms with Gasteiger partial charge in [0.25, 0.3) is 5.91 Å². The van der Waals surface area contributed by atoms with Gasteiger partial charge in [-0.25, -0.2) is 8.42 Å². The SMILES string of the molecule is CCOC(C)C(=O)N1CCN(S(=O)(=O)c2cccnc2)CC1. The maximum Gasteiger partial charge on any atom is 0.251 e. The number of hydrogen-bond acceptors (Lipinski definition) is 5. The standard InChI is InChI=1S/C14H21N3O4S/c1-3-21-12(2)14(18)16-7-9-17(10-8-16)22(19,20)13-5-4-6-15-11-13/h4-6,11-12H,3,7-10H2,1-2H3. The van der Waals surface area contributed by atoms with E-state index in [9.17, 15) is 13.2 Å². The van der Waals surface area contributed by atoms with Crippen LogP contribution in [0, 0.1) is 0 Å². The largest absolute Gasteiger partial charge is 0.369 e. The van der Waals surface area contributed by atoms with Gasteiger partial charge in [-0.1, -0.05) is 0 Å². The third-order valence-electron chi connectivity index (χ3n) is 3.59. The Balaban J connectivity index is 1.99. The van der Waals surface area contributed by atoms with Gasteiger partial charge in [-0.2, -0.15) is 4.31 Å².